The summed E-state index contributed by atoms with van der Waals surface area (Å²) >= 11 is 0. The molecule has 0 spiro atoms. The first kappa shape index (κ1) is 34.6. The molecule has 0 aliphatic heterocycles. The Bertz CT molecular complexity index is 558. The summed E-state index contributed by atoms with van der Waals surface area (Å²) in [6.45, 7) is 24.0. The molecule has 1 atom stereocenters. The highest BCUT2D eigenvalue weighted by molar-refractivity contribution is 5.86. The molecule has 0 heterocycles. The van der Waals surface area contributed by atoms with Gasteiger partial charge in [-0.3, -0.25) is 4.79 Å². The number of ether oxygens (including phenoxy) is 3. The Morgan fingerprint density at radius 2 is 1.31 bits per heavy atom. The van der Waals surface area contributed by atoms with E-state index in [0.29, 0.717) is 18.3 Å². The van der Waals surface area contributed by atoms with E-state index < -0.39 is 16.6 Å². The SMILES string of the molecule is CCC(CC)OC(C)CCCC(=O)C(CC)(CC)C(CC)(CC)OC(C)(C)CC(CC)(CC)OC. The molecule has 0 saturated carbocycles. The molecular formula is C31H62O4. The second-order valence-corrected chi connectivity index (χ2v) is 11.3. The van der Waals surface area contributed by atoms with Gasteiger partial charge in [-0.25, -0.2) is 0 Å². The van der Waals surface area contributed by atoms with E-state index >= 15 is 0 Å². The fourth-order valence-electron chi connectivity index (χ4n) is 6.58. The highest BCUT2D eigenvalue weighted by Crippen LogP contribution is 2.50. The molecule has 0 saturated heterocycles. The Kier molecular flexibility index (Phi) is 15.5. The van der Waals surface area contributed by atoms with Crippen LogP contribution in [0.2, 0.25) is 0 Å². The topological polar surface area (TPSA) is 44.8 Å². The summed E-state index contributed by atoms with van der Waals surface area (Å²) in [6, 6.07) is 0. The minimum Gasteiger partial charge on any atom is -0.378 e. The van der Waals surface area contributed by atoms with E-state index in [0.717, 1.165) is 70.6 Å². The van der Waals surface area contributed by atoms with Crippen LogP contribution < -0.4 is 0 Å². The first-order valence-corrected chi connectivity index (χ1v) is 14.8. The van der Waals surface area contributed by atoms with Gasteiger partial charge in [-0.15, -0.1) is 0 Å². The fourth-order valence-corrected chi connectivity index (χ4v) is 6.58. The lowest BCUT2D eigenvalue weighted by molar-refractivity contribution is -0.223. The zero-order chi connectivity index (χ0) is 27.3. The Balaban J connectivity index is 5.80. The normalized spacial score (nSPS) is 14.5. The average Bonchev–Trinajstić information content (AvgIpc) is 2.85. The maximum atomic E-state index is 14.0. The third-order valence-electron chi connectivity index (χ3n) is 9.05. The summed E-state index contributed by atoms with van der Waals surface area (Å²) in [5.74, 6) is 0.362. The van der Waals surface area contributed by atoms with Crippen molar-refractivity contribution in [2.45, 2.75) is 182 Å². The van der Waals surface area contributed by atoms with Crippen LogP contribution in [0, 0.1) is 5.41 Å². The summed E-state index contributed by atoms with van der Waals surface area (Å²) in [5.41, 5.74) is -1.58. The molecule has 210 valence electrons. The number of rotatable bonds is 21. The van der Waals surface area contributed by atoms with Crippen LogP contribution in [0.15, 0.2) is 0 Å². The van der Waals surface area contributed by atoms with Crippen molar-refractivity contribution in [1.29, 1.82) is 0 Å². The fraction of sp³-hybridized carbons (Fsp3) is 0.968. The molecule has 0 aromatic carbocycles. The van der Waals surface area contributed by atoms with Gasteiger partial charge in [-0.2, -0.15) is 0 Å². The van der Waals surface area contributed by atoms with Gasteiger partial charge < -0.3 is 14.2 Å². The molecule has 0 aromatic rings. The average molecular weight is 499 g/mol. The van der Waals surface area contributed by atoms with Crippen LogP contribution in [-0.2, 0) is 19.0 Å². The zero-order valence-electron chi connectivity index (χ0n) is 25.8. The van der Waals surface area contributed by atoms with Gasteiger partial charge in [0.15, 0.2) is 0 Å². The largest absolute Gasteiger partial charge is 0.378 e. The van der Waals surface area contributed by atoms with Gasteiger partial charge in [-0.1, -0.05) is 55.4 Å². The summed E-state index contributed by atoms with van der Waals surface area (Å²) in [6.07, 6.45) is 10.9. The molecule has 0 fully saturated rings. The van der Waals surface area contributed by atoms with Gasteiger partial charge >= 0.3 is 0 Å². The van der Waals surface area contributed by atoms with Crippen molar-refractivity contribution in [3.05, 3.63) is 0 Å². The van der Waals surface area contributed by atoms with E-state index in [-0.39, 0.29) is 11.7 Å². The molecular weight excluding hydrogens is 436 g/mol. The van der Waals surface area contributed by atoms with Crippen molar-refractivity contribution in [3.8, 4) is 0 Å². The molecule has 0 aliphatic rings. The van der Waals surface area contributed by atoms with Crippen molar-refractivity contribution >= 4 is 5.78 Å². The van der Waals surface area contributed by atoms with Crippen molar-refractivity contribution in [3.63, 3.8) is 0 Å². The quantitative estimate of drug-likeness (QED) is 0.158. The second kappa shape index (κ2) is 15.7. The predicted molar refractivity (Wildman–Crippen MR) is 150 cm³/mol. The van der Waals surface area contributed by atoms with Gasteiger partial charge in [0.2, 0.25) is 0 Å². The molecule has 0 N–H and O–H groups in total. The van der Waals surface area contributed by atoms with Crippen molar-refractivity contribution in [2.24, 2.45) is 5.41 Å². The summed E-state index contributed by atoms with van der Waals surface area (Å²) in [5, 5.41) is 0. The van der Waals surface area contributed by atoms with E-state index in [9.17, 15) is 4.79 Å². The van der Waals surface area contributed by atoms with Crippen LogP contribution in [0.1, 0.15) is 153 Å². The molecule has 0 rings (SSSR count). The highest BCUT2D eigenvalue weighted by atomic mass is 16.5. The minimum absolute atomic E-state index is 0.188. The van der Waals surface area contributed by atoms with Gasteiger partial charge in [0.1, 0.15) is 5.78 Å². The number of hydrogen-bond acceptors (Lipinski definition) is 4. The Morgan fingerprint density at radius 1 is 0.800 bits per heavy atom. The standard InChI is InChI=1S/C31H62O4/c1-13-26(14-2)34-25(9)22-21-23-27(32)30(17-5,18-6)31(19-7,20-8)35-28(10,11)24-29(15-3,16-4)33-12/h25-26H,13-24H2,1-12H3. The van der Waals surface area contributed by atoms with E-state index in [1.54, 1.807) is 0 Å². The molecule has 0 bridgehead atoms. The molecule has 4 heteroatoms. The van der Waals surface area contributed by atoms with Crippen LogP contribution in [0.25, 0.3) is 0 Å². The van der Waals surface area contributed by atoms with E-state index in [2.05, 4.69) is 76.2 Å². The lowest BCUT2D eigenvalue weighted by Gasteiger charge is -2.53. The van der Waals surface area contributed by atoms with Crippen molar-refractivity contribution in [2.75, 3.05) is 7.11 Å². The molecule has 4 nitrogen and oxygen atoms in total. The van der Waals surface area contributed by atoms with E-state index in [1.165, 1.54) is 0 Å². The van der Waals surface area contributed by atoms with Crippen molar-refractivity contribution < 1.29 is 19.0 Å². The Labute approximate surface area is 219 Å². The highest BCUT2D eigenvalue weighted by Gasteiger charge is 2.54. The van der Waals surface area contributed by atoms with Crippen LogP contribution in [0.5, 0.6) is 0 Å². The van der Waals surface area contributed by atoms with Gasteiger partial charge in [0.05, 0.1) is 34.4 Å². The Morgan fingerprint density at radius 3 is 1.69 bits per heavy atom. The van der Waals surface area contributed by atoms with Gasteiger partial charge in [0.25, 0.3) is 0 Å². The maximum absolute atomic E-state index is 14.0. The van der Waals surface area contributed by atoms with Crippen LogP contribution >= 0.6 is 0 Å². The molecule has 0 aromatic heterocycles. The predicted octanol–water partition coefficient (Wildman–Crippen LogP) is 9.08. The lowest BCUT2D eigenvalue weighted by atomic mass is 9.61. The molecule has 0 radical (unpaired) electrons. The second-order valence-electron chi connectivity index (χ2n) is 11.3. The third kappa shape index (κ3) is 8.82. The third-order valence-corrected chi connectivity index (χ3v) is 9.05. The number of methoxy groups -OCH3 is 1. The molecule has 1 unspecified atom stereocenters. The van der Waals surface area contributed by atoms with Gasteiger partial charge in [-0.05, 0) is 85.0 Å². The van der Waals surface area contributed by atoms with Crippen LogP contribution in [0.3, 0.4) is 0 Å². The molecule has 35 heavy (non-hydrogen) atoms. The van der Waals surface area contributed by atoms with E-state index in [1.807, 2.05) is 7.11 Å². The van der Waals surface area contributed by atoms with Crippen LogP contribution in [0.4, 0.5) is 0 Å². The minimum atomic E-state index is -0.490. The smallest absolute Gasteiger partial charge is 0.141 e. The van der Waals surface area contributed by atoms with Crippen LogP contribution in [-0.4, -0.2) is 41.9 Å². The van der Waals surface area contributed by atoms with Crippen molar-refractivity contribution in [1.82, 2.24) is 0 Å². The number of carbonyl (C=O) groups excluding carboxylic acids is 1. The molecule has 0 amide bonds. The number of ketones is 1. The number of Topliss-reactive ketones (excluding diaryl/α,β-unsaturated/α-hetero) is 1. The monoisotopic (exact) mass is 498 g/mol. The van der Waals surface area contributed by atoms with Gasteiger partial charge in [0, 0.05) is 20.0 Å². The maximum Gasteiger partial charge on any atom is 0.141 e. The number of carbonyl (C=O) groups is 1. The zero-order valence-corrected chi connectivity index (χ0v) is 25.8. The summed E-state index contributed by atoms with van der Waals surface area (Å²) in [7, 11) is 1.82. The first-order chi connectivity index (χ1) is 16.4. The summed E-state index contributed by atoms with van der Waals surface area (Å²) < 4.78 is 19.3. The Hall–Kier alpha value is -0.450. The van der Waals surface area contributed by atoms with E-state index in [4.69, 9.17) is 14.2 Å². The number of hydrogen-bond donors (Lipinski definition) is 0. The summed E-state index contributed by atoms with van der Waals surface area (Å²) in [4.78, 5) is 14.0. The first-order valence-electron chi connectivity index (χ1n) is 14.8. The molecule has 0 aliphatic carbocycles. The lowest BCUT2D eigenvalue weighted by Crippen LogP contribution is -2.58.